The summed E-state index contributed by atoms with van der Waals surface area (Å²) in [5, 5.41) is 0. The summed E-state index contributed by atoms with van der Waals surface area (Å²) in [4.78, 5) is 17.2. The molecule has 3 rings (SSSR count). The number of carbonyl (C=O) groups is 1. The van der Waals surface area contributed by atoms with Crippen molar-refractivity contribution in [2.24, 2.45) is 11.7 Å². The van der Waals surface area contributed by atoms with E-state index in [-0.39, 0.29) is 36.8 Å². The molecule has 2 aliphatic heterocycles. The van der Waals surface area contributed by atoms with Crippen molar-refractivity contribution in [3.8, 4) is 0 Å². The van der Waals surface area contributed by atoms with Crippen LogP contribution in [0, 0.1) is 5.92 Å². The van der Waals surface area contributed by atoms with Gasteiger partial charge in [0.2, 0.25) is 0 Å². The number of piperidine rings is 1. The molecule has 2 aliphatic rings. The van der Waals surface area contributed by atoms with Gasteiger partial charge in [-0.25, -0.2) is 0 Å². The smallest absolute Gasteiger partial charge is 0.253 e. The Balaban J connectivity index is 0.00000156. The number of halogens is 2. The minimum Gasteiger partial charge on any atom is -0.339 e. The second-order valence-corrected chi connectivity index (χ2v) is 7.17. The molecule has 142 valence electrons. The highest BCUT2D eigenvalue weighted by Gasteiger charge is 2.25. The molecular weight excluding hydrogens is 357 g/mol. The summed E-state index contributed by atoms with van der Waals surface area (Å²) in [5.41, 5.74) is 8.08. The zero-order valence-electron chi connectivity index (χ0n) is 15.0. The maximum Gasteiger partial charge on any atom is 0.253 e. The molecule has 1 unspecified atom stereocenters. The highest BCUT2D eigenvalue weighted by atomic mass is 35.5. The first-order valence-corrected chi connectivity index (χ1v) is 8.99. The maximum absolute atomic E-state index is 12.7. The average Bonchev–Trinajstić information content (AvgIpc) is 3.07. The van der Waals surface area contributed by atoms with Crippen LogP contribution >= 0.6 is 24.8 Å². The molecule has 0 aromatic heterocycles. The highest BCUT2D eigenvalue weighted by molar-refractivity contribution is 5.94. The summed E-state index contributed by atoms with van der Waals surface area (Å²) in [6.07, 6.45) is 4.65. The number of rotatable bonds is 4. The molecule has 0 radical (unpaired) electrons. The van der Waals surface area contributed by atoms with Crippen LogP contribution in [0.1, 0.15) is 48.5 Å². The molecule has 0 bridgehead atoms. The van der Waals surface area contributed by atoms with Crippen LogP contribution in [-0.2, 0) is 6.54 Å². The van der Waals surface area contributed by atoms with Crippen molar-refractivity contribution >= 4 is 30.7 Å². The zero-order valence-corrected chi connectivity index (χ0v) is 16.7. The summed E-state index contributed by atoms with van der Waals surface area (Å²) < 4.78 is 0. The molecule has 1 aromatic carbocycles. The second kappa shape index (κ2) is 10.4. The van der Waals surface area contributed by atoms with Crippen LogP contribution in [0.2, 0.25) is 0 Å². The van der Waals surface area contributed by atoms with Crippen LogP contribution in [0.25, 0.3) is 0 Å². The molecule has 2 saturated heterocycles. The van der Waals surface area contributed by atoms with Gasteiger partial charge in [0.1, 0.15) is 0 Å². The van der Waals surface area contributed by atoms with Crippen molar-refractivity contribution < 1.29 is 4.79 Å². The van der Waals surface area contributed by atoms with Gasteiger partial charge in [-0.2, -0.15) is 0 Å². The highest BCUT2D eigenvalue weighted by Crippen LogP contribution is 2.22. The van der Waals surface area contributed by atoms with Gasteiger partial charge in [-0.15, -0.1) is 24.8 Å². The molecule has 1 atom stereocenters. The third-order valence-electron chi connectivity index (χ3n) is 5.35. The molecule has 2 N–H and O–H groups in total. The second-order valence-electron chi connectivity index (χ2n) is 7.17. The molecule has 0 aliphatic carbocycles. The predicted molar refractivity (Wildman–Crippen MR) is 108 cm³/mol. The average molecular weight is 388 g/mol. The van der Waals surface area contributed by atoms with Crippen LogP contribution < -0.4 is 5.73 Å². The Morgan fingerprint density at radius 2 is 1.80 bits per heavy atom. The number of hydrogen-bond acceptors (Lipinski definition) is 3. The monoisotopic (exact) mass is 387 g/mol. The van der Waals surface area contributed by atoms with Crippen molar-refractivity contribution in [1.29, 1.82) is 0 Å². The van der Waals surface area contributed by atoms with Gasteiger partial charge >= 0.3 is 0 Å². The lowest BCUT2D eigenvalue weighted by molar-refractivity contribution is 0.0681. The Morgan fingerprint density at radius 1 is 1.16 bits per heavy atom. The molecule has 1 amide bonds. The van der Waals surface area contributed by atoms with E-state index in [0.29, 0.717) is 5.92 Å². The van der Waals surface area contributed by atoms with Crippen LogP contribution in [0.15, 0.2) is 24.3 Å². The Hall–Kier alpha value is -0.810. The first-order valence-electron chi connectivity index (χ1n) is 8.99. The molecule has 2 fully saturated rings. The molecule has 2 heterocycles. The van der Waals surface area contributed by atoms with Crippen molar-refractivity contribution in [3.05, 3.63) is 35.4 Å². The first kappa shape index (κ1) is 22.2. The van der Waals surface area contributed by atoms with E-state index in [4.69, 9.17) is 5.73 Å². The standard InChI is InChI=1S/C19H29N3O.2ClH/c1-15(20)17-7-11-22(12-8-17)19(23)18-6-4-5-16(13-18)14-21-9-2-3-10-21;;/h4-6,13,15,17H,2-3,7-12,14,20H2,1H3;2*1H. The van der Waals surface area contributed by atoms with Gasteiger partial charge < -0.3 is 10.6 Å². The summed E-state index contributed by atoms with van der Waals surface area (Å²) in [5.74, 6) is 0.733. The van der Waals surface area contributed by atoms with Crippen LogP contribution in [0.4, 0.5) is 0 Å². The van der Waals surface area contributed by atoms with Crippen molar-refractivity contribution in [1.82, 2.24) is 9.80 Å². The van der Waals surface area contributed by atoms with E-state index < -0.39 is 0 Å². The van der Waals surface area contributed by atoms with Crippen molar-refractivity contribution in [2.75, 3.05) is 26.2 Å². The largest absolute Gasteiger partial charge is 0.339 e. The summed E-state index contributed by atoms with van der Waals surface area (Å²) in [7, 11) is 0. The molecule has 25 heavy (non-hydrogen) atoms. The predicted octanol–water partition coefficient (Wildman–Crippen LogP) is 3.33. The fourth-order valence-corrected chi connectivity index (χ4v) is 3.81. The summed E-state index contributed by atoms with van der Waals surface area (Å²) in [6.45, 7) is 7.08. The maximum atomic E-state index is 12.7. The Morgan fingerprint density at radius 3 is 2.40 bits per heavy atom. The first-order chi connectivity index (χ1) is 11.1. The minimum absolute atomic E-state index is 0. The fourth-order valence-electron chi connectivity index (χ4n) is 3.81. The van der Waals surface area contributed by atoms with E-state index in [0.717, 1.165) is 38.0 Å². The van der Waals surface area contributed by atoms with Gasteiger partial charge in [0.15, 0.2) is 0 Å². The Labute approximate surface area is 163 Å². The van der Waals surface area contributed by atoms with E-state index in [1.54, 1.807) is 0 Å². The number of carbonyl (C=O) groups excluding carboxylic acids is 1. The molecule has 1 aromatic rings. The molecule has 0 spiro atoms. The third-order valence-corrected chi connectivity index (χ3v) is 5.35. The quantitative estimate of drug-likeness (QED) is 0.861. The van der Waals surface area contributed by atoms with E-state index in [1.807, 2.05) is 17.0 Å². The van der Waals surface area contributed by atoms with Crippen LogP contribution in [0.5, 0.6) is 0 Å². The molecular formula is C19H31Cl2N3O. The van der Waals surface area contributed by atoms with Gasteiger partial charge in [0.05, 0.1) is 0 Å². The van der Waals surface area contributed by atoms with Gasteiger partial charge in [0.25, 0.3) is 5.91 Å². The number of nitrogens with zero attached hydrogens (tertiary/aromatic N) is 2. The van der Waals surface area contributed by atoms with Gasteiger partial charge in [-0.1, -0.05) is 12.1 Å². The molecule has 0 saturated carbocycles. The molecule has 4 nitrogen and oxygen atoms in total. The number of benzene rings is 1. The van der Waals surface area contributed by atoms with E-state index in [1.165, 1.54) is 31.5 Å². The lowest BCUT2D eigenvalue weighted by Gasteiger charge is -2.33. The number of hydrogen-bond donors (Lipinski definition) is 1. The Bertz CT molecular complexity index is 539. The fraction of sp³-hybridized carbons (Fsp3) is 0.632. The number of likely N-dealkylation sites (tertiary alicyclic amines) is 2. The van der Waals surface area contributed by atoms with Crippen molar-refractivity contribution in [2.45, 2.75) is 45.2 Å². The van der Waals surface area contributed by atoms with E-state index >= 15 is 0 Å². The van der Waals surface area contributed by atoms with E-state index in [2.05, 4.69) is 24.0 Å². The number of nitrogens with two attached hydrogens (primary N) is 1. The van der Waals surface area contributed by atoms with Gasteiger partial charge in [-0.3, -0.25) is 9.69 Å². The van der Waals surface area contributed by atoms with Gasteiger partial charge in [0, 0.05) is 31.2 Å². The lowest BCUT2D eigenvalue weighted by atomic mass is 9.90. The Kier molecular flexibility index (Phi) is 9.22. The van der Waals surface area contributed by atoms with Crippen LogP contribution in [0.3, 0.4) is 0 Å². The number of amides is 1. The van der Waals surface area contributed by atoms with Gasteiger partial charge in [-0.05, 0) is 69.3 Å². The lowest BCUT2D eigenvalue weighted by Crippen LogP contribution is -2.42. The minimum atomic E-state index is 0. The van der Waals surface area contributed by atoms with E-state index in [9.17, 15) is 4.79 Å². The SMILES string of the molecule is CC(N)C1CCN(C(=O)c2cccc(CN3CCCC3)c2)CC1.Cl.Cl. The summed E-state index contributed by atoms with van der Waals surface area (Å²) in [6, 6.07) is 8.42. The normalized spacial score (nSPS) is 19.8. The third kappa shape index (κ3) is 5.85. The zero-order chi connectivity index (χ0) is 16.2. The summed E-state index contributed by atoms with van der Waals surface area (Å²) >= 11 is 0. The van der Waals surface area contributed by atoms with Crippen molar-refractivity contribution in [3.63, 3.8) is 0 Å². The molecule has 6 heteroatoms. The topological polar surface area (TPSA) is 49.6 Å². The van der Waals surface area contributed by atoms with Crippen LogP contribution in [-0.4, -0.2) is 47.9 Å².